The average Bonchev–Trinajstić information content (AvgIpc) is 3.64. The second-order valence-electron chi connectivity index (χ2n) is 10.4. The molecule has 2 saturated heterocycles. The van der Waals surface area contributed by atoms with Crippen molar-refractivity contribution in [1.82, 2.24) is 29.1 Å². The number of rotatable bonds is 8. The Morgan fingerprint density at radius 2 is 1.18 bits per heavy atom. The number of aliphatic hydroxyl groups excluding tert-OH is 4. The van der Waals surface area contributed by atoms with Gasteiger partial charge in [-0.05, 0) is 0 Å². The smallest absolute Gasteiger partial charge is 0.319 e. The Kier molecular flexibility index (Phi) is 9.61. The van der Waals surface area contributed by atoms with Crippen LogP contribution in [0.15, 0.2) is 12.7 Å². The number of hydrogen-bond acceptors (Lipinski definition) is 17. The first-order valence-corrected chi connectivity index (χ1v) is 14.3. The molecule has 6 rings (SSSR count). The van der Waals surface area contributed by atoms with E-state index in [1.165, 1.54) is 30.9 Å². The van der Waals surface area contributed by atoms with Crippen molar-refractivity contribution in [2.45, 2.75) is 49.1 Å². The maximum Gasteiger partial charge on any atom is 0.319 e. The molecule has 8 atom stereocenters. The van der Waals surface area contributed by atoms with E-state index in [2.05, 4.69) is 19.9 Å². The molecule has 0 saturated carbocycles. The van der Waals surface area contributed by atoms with E-state index in [9.17, 15) is 35.2 Å². The summed E-state index contributed by atoms with van der Waals surface area (Å²) in [6.07, 6.45) is -7.83. The van der Waals surface area contributed by atoms with E-state index in [1.807, 2.05) is 0 Å². The molecule has 4 aromatic heterocycles. The van der Waals surface area contributed by atoms with Crippen LogP contribution in [0.3, 0.4) is 0 Å². The van der Waals surface area contributed by atoms with Crippen LogP contribution in [0.4, 0.5) is 11.9 Å². The molecular formula is C22H29N10O11PY. The van der Waals surface area contributed by atoms with E-state index >= 15 is 0 Å². The summed E-state index contributed by atoms with van der Waals surface area (Å²) in [4.78, 5) is 15.3. The van der Waals surface area contributed by atoms with Crippen LogP contribution >= 0.6 is 8.25 Å². The summed E-state index contributed by atoms with van der Waals surface area (Å²) in [7, 11) is -0.151. The minimum Gasteiger partial charge on any atom is -0.856 e. The van der Waals surface area contributed by atoms with Crippen molar-refractivity contribution in [3.8, 4) is 11.8 Å². The van der Waals surface area contributed by atoms with Crippen LogP contribution in [0.1, 0.15) is 12.5 Å². The maximum absolute atomic E-state index is 12.5. The standard InChI is InChI=1S/C22H29N10O11P.Y/c1-29-5-31(15-9(29)17(37)27-21(23)25-15)19-13(35)11(33)7(42-19)3-40-44(39)41-4-8-12(34)14(36)20(43-8)32-6-30(2)10-16(32)26-22(24)28-18(10)38;/h5-8,11-14,19-20,33-36,44H,3-4H2,1-2H3,(H4-2,23,24,25,26,27,28,37,38);/t7-,8-,11+,12+,13?,14?,19-,20-;/m1./s1. The molecule has 2 aliphatic heterocycles. The molecule has 2 fully saturated rings. The van der Waals surface area contributed by atoms with E-state index in [0.717, 1.165) is 0 Å². The number of imidazole rings is 2. The van der Waals surface area contributed by atoms with Gasteiger partial charge in [0, 0.05) is 44.5 Å². The third-order valence-electron chi connectivity index (χ3n) is 7.45. The third kappa shape index (κ3) is 5.98. The van der Waals surface area contributed by atoms with E-state index in [0.29, 0.717) is 0 Å². The Morgan fingerprint density at radius 3 is 1.56 bits per heavy atom. The van der Waals surface area contributed by atoms with E-state index < -0.39 is 82.3 Å². The van der Waals surface area contributed by atoms with E-state index in [4.69, 9.17) is 30.0 Å². The number of aryl methyl sites for hydroxylation is 2. The van der Waals surface area contributed by atoms with E-state index in [-0.39, 0.29) is 66.9 Å². The summed E-state index contributed by atoms with van der Waals surface area (Å²) >= 11 is 0. The van der Waals surface area contributed by atoms with Gasteiger partial charge in [0.2, 0.25) is 12.5 Å². The van der Waals surface area contributed by atoms with Crippen molar-refractivity contribution >= 4 is 42.5 Å². The number of aromatic nitrogens is 8. The third-order valence-corrected chi connectivity index (χ3v) is 8.25. The second-order valence-corrected chi connectivity index (χ2v) is 11.4. The normalized spacial score (nSPS) is 29.0. The quantitative estimate of drug-likeness (QED) is 0.0728. The van der Waals surface area contributed by atoms with Crippen molar-refractivity contribution in [3.63, 3.8) is 0 Å². The molecule has 4 aromatic rings. The topological polar surface area (TPSA) is 302 Å². The monoisotopic (exact) mass is 729 g/mol. The number of hydrogen-bond donors (Lipinski definition) is 6. The zero-order chi connectivity index (χ0) is 31.6. The molecule has 2 unspecified atom stereocenters. The number of aliphatic hydroxyl groups is 4. The van der Waals surface area contributed by atoms with E-state index in [1.54, 1.807) is 14.1 Å². The summed E-state index contributed by atoms with van der Waals surface area (Å²) in [6, 6.07) is 0. The number of nitrogens with two attached hydrogens (primary N) is 2. The Morgan fingerprint density at radius 1 is 0.800 bits per heavy atom. The molecule has 0 bridgehead atoms. The first-order valence-electron chi connectivity index (χ1n) is 13.1. The molecule has 241 valence electrons. The van der Waals surface area contributed by atoms with Crippen molar-refractivity contribution < 1.29 is 95.6 Å². The van der Waals surface area contributed by atoms with Gasteiger partial charge in [0.05, 0.1) is 27.3 Å². The molecule has 21 nitrogen and oxygen atoms in total. The van der Waals surface area contributed by atoms with Gasteiger partial charge in [-0.2, -0.15) is 0 Å². The molecule has 6 heterocycles. The Balaban J connectivity index is 0.00000400. The molecule has 1 radical (unpaired) electrons. The van der Waals surface area contributed by atoms with Gasteiger partial charge in [-0.3, -0.25) is 13.7 Å². The van der Waals surface area contributed by atoms with Crippen LogP contribution in [0, 0.1) is 0 Å². The molecule has 8 N–H and O–H groups in total. The van der Waals surface area contributed by atoms with Gasteiger partial charge in [-0.1, -0.05) is 9.97 Å². The summed E-state index contributed by atoms with van der Waals surface area (Å²) in [5.41, 5.74) is 11.5. The Bertz CT molecular complexity index is 1640. The number of nitrogen functional groups attached to an aromatic ring is 2. The first-order chi connectivity index (χ1) is 20.8. The second kappa shape index (κ2) is 12.8. The largest absolute Gasteiger partial charge is 0.856 e. The number of anilines is 2. The van der Waals surface area contributed by atoms with Gasteiger partial charge in [0.25, 0.3) is 11.9 Å². The maximum atomic E-state index is 12.5. The first kappa shape index (κ1) is 33.7. The minimum absolute atomic E-state index is 0. The fourth-order valence-corrected chi connectivity index (χ4v) is 6.05. The average molecular weight is 729 g/mol. The SMILES string of the molecule is Cn1c[n+]([C@@H]2O[C@H](CO[PH](=O)OC[C@H]3O[C@@H]([n+]4cn(C)c5c([O-])nc(N)nc54)C(O)[C@H]3O)[C@H](O)C2O)c2nc(N)nc([O-])c21.[Y]. The van der Waals surface area contributed by atoms with Gasteiger partial charge in [-0.15, -0.1) is 0 Å². The van der Waals surface area contributed by atoms with Crippen molar-refractivity contribution in [3.05, 3.63) is 12.7 Å². The molecule has 0 amide bonds. The fourth-order valence-electron chi connectivity index (χ4n) is 5.36. The van der Waals surface area contributed by atoms with Crippen molar-refractivity contribution in [2.24, 2.45) is 14.1 Å². The van der Waals surface area contributed by atoms with Gasteiger partial charge < -0.3 is 60.6 Å². The Hall–Kier alpha value is -2.69. The number of nitrogens with zero attached hydrogens (tertiary/aromatic N) is 8. The van der Waals surface area contributed by atoms with Crippen molar-refractivity contribution in [2.75, 3.05) is 24.7 Å². The summed E-state index contributed by atoms with van der Waals surface area (Å²) in [5.74, 6) is -1.85. The van der Waals surface area contributed by atoms with Crippen LogP contribution < -0.4 is 30.8 Å². The van der Waals surface area contributed by atoms with Crippen LogP contribution in [-0.4, -0.2) is 99.3 Å². The molecule has 45 heavy (non-hydrogen) atoms. The zero-order valence-electron chi connectivity index (χ0n) is 23.6. The zero-order valence-corrected chi connectivity index (χ0v) is 27.5. The fraction of sp³-hybridized carbons (Fsp3) is 0.545. The summed E-state index contributed by atoms with van der Waals surface area (Å²) in [5, 5.41) is 66.9. The van der Waals surface area contributed by atoms with Crippen LogP contribution in [-0.2, 0) is 69.9 Å². The van der Waals surface area contributed by atoms with Gasteiger partial charge in [0.15, 0.2) is 23.7 Å². The van der Waals surface area contributed by atoms with Crippen LogP contribution in [0.2, 0.25) is 0 Å². The summed E-state index contributed by atoms with van der Waals surface area (Å²) < 4.78 is 39.9. The minimum atomic E-state index is -3.26. The van der Waals surface area contributed by atoms with Crippen LogP contribution in [0.5, 0.6) is 11.8 Å². The van der Waals surface area contributed by atoms with Crippen LogP contribution in [0.25, 0.3) is 22.3 Å². The predicted molar refractivity (Wildman–Crippen MR) is 138 cm³/mol. The number of fused-ring (bicyclic) bond motifs is 2. The summed E-state index contributed by atoms with van der Waals surface area (Å²) in [6.45, 7) is -0.933. The van der Waals surface area contributed by atoms with Gasteiger partial charge >= 0.3 is 19.5 Å². The molecule has 23 heteroatoms. The molecule has 0 aromatic carbocycles. The molecule has 2 aliphatic rings. The number of ether oxygens (including phenoxy) is 2. The van der Waals surface area contributed by atoms with Gasteiger partial charge in [-0.25, -0.2) is 19.1 Å². The molecule has 0 aliphatic carbocycles. The molecule has 0 spiro atoms. The van der Waals surface area contributed by atoms with Gasteiger partial charge in [0.1, 0.15) is 36.6 Å². The Labute approximate surface area is 278 Å². The molecular weight excluding hydrogens is 700 g/mol. The predicted octanol–water partition coefficient (Wildman–Crippen LogP) is -5.50. The van der Waals surface area contributed by atoms with Crippen molar-refractivity contribution in [1.29, 1.82) is 0 Å².